The first-order valence-corrected chi connectivity index (χ1v) is 7.96. The van der Waals surface area contributed by atoms with Crippen LogP contribution in [0.4, 0.5) is 0 Å². The lowest BCUT2D eigenvalue weighted by Gasteiger charge is -2.17. The van der Waals surface area contributed by atoms with Gasteiger partial charge in [0.15, 0.2) is 0 Å². The number of benzene rings is 1. The maximum atomic E-state index is 6.28. The molecular weight excluding hydrogens is 293 g/mol. The van der Waals surface area contributed by atoms with Crippen molar-refractivity contribution >= 4 is 34.2 Å². The van der Waals surface area contributed by atoms with Crippen LogP contribution in [0.3, 0.4) is 0 Å². The molecule has 20 heavy (non-hydrogen) atoms. The molecule has 5 heteroatoms. The maximum Gasteiger partial charge on any atom is 0.204 e. The second kappa shape index (κ2) is 5.92. The topological polar surface area (TPSA) is 21.1 Å². The van der Waals surface area contributed by atoms with E-state index in [0.717, 1.165) is 36.7 Å². The lowest BCUT2D eigenvalue weighted by Crippen LogP contribution is -2.24. The minimum atomic E-state index is 0.543. The molecule has 0 bridgehead atoms. The zero-order valence-electron chi connectivity index (χ0n) is 11.6. The summed E-state index contributed by atoms with van der Waals surface area (Å²) in [6, 6.07) is 5.75. The molecule has 1 fully saturated rings. The van der Waals surface area contributed by atoms with Crippen molar-refractivity contribution in [2.45, 2.75) is 32.9 Å². The minimum absolute atomic E-state index is 0.543. The number of fused-ring (bicyclic) bond motifs is 1. The lowest BCUT2D eigenvalue weighted by molar-refractivity contribution is 0.261. The highest BCUT2D eigenvalue weighted by atomic mass is 35.5. The summed E-state index contributed by atoms with van der Waals surface area (Å²) in [7, 11) is 0. The lowest BCUT2D eigenvalue weighted by atomic mass is 10.0. The van der Waals surface area contributed by atoms with E-state index in [-0.39, 0.29) is 0 Å². The van der Waals surface area contributed by atoms with Crippen molar-refractivity contribution in [3.63, 3.8) is 0 Å². The van der Waals surface area contributed by atoms with Crippen molar-refractivity contribution in [1.29, 1.82) is 0 Å². The van der Waals surface area contributed by atoms with Crippen molar-refractivity contribution in [3.8, 4) is 0 Å². The van der Waals surface area contributed by atoms with E-state index < -0.39 is 0 Å². The van der Waals surface area contributed by atoms with Gasteiger partial charge >= 0.3 is 0 Å². The van der Waals surface area contributed by atoms with Gasteiger partial charge in [-0.3, -0.25) is 4.90 Å². The fourth-order valence-corrected chi connectivity index (χ4v) is 3.50. The molecule has 0 spiro atoms. The van der Waals surface area contributed by atoms with Gasteiger partial charge in [0.25, 0.3) is 0 Å². The molecule has 1 unspecified atom stereocenters. The molecule has 1 saturated heterocycles. The number of halogens is 2. The van der Waals surface area contributed by atoms with Crippen LogP contribution in [0.1, 0.15) is 26.2 Å². The number of likely N-dealkylation sites (tertiary alicyclic amines) is 1. The fourth-order valence-electron chi connectivity index (χ4n) is 3.09. The Morgan fingerprint density at radius 3 is 3.00 bits per heavy atom. The number of hydrogen-bond donors (Lipinski definition) is 0. The first kappa shape index (κ1) is 14.2. The molecule has 1 aromatic carbocycles. The smallest absolute Gasteiger partial charge is 0.204 e. The molecule has 1 atom stereocenters. The molecule has 1 aliphatic rings. The molecule has 3 rings (SSSR count). The maximum absolute atomic E-state index is 6.28. The van der Waals surface area contributed by atoms with Crippen molar-refractivity contribution in [2.24, 2.45) is 5.92 Å². The third-order valence-electron chi connectivity index (χ3n) is 4.07. The minimum Gasteiger partial charge on any atom is -0.301 e. The summed E-state index contributed by atoms with van der Waals surface area (Å²) >= 11 is 12.3. The predicted molar refractivity (Wildman–Crippen MR) is 84.3 cm³/mol. The van der Waals surface area contributed by atoms with Gasteiger partial charge in [0.05, 0.1) is 17.7 Å². The average Bonchev–Trinajstić information content (AvgIpc) is 2.96. The van der Waals surface area contributed by atoms with Crippen LogP contribution in [-0.4, -0.2) is 27.5 Å². The number of imidazole rings is 1. The Hall–Kier alpha value is -0.770. The summed E-state index contributed by atoms with van der Waals surface area (Å²) in [6.45, 7) is 5.38. The molecule has 2 heterocycles. The van der Waals surface area contributed by atoms with Gasteiger partial charge in [-0.25, -0.2) is 4.98 Å². The number of hydrogen-bond acceptors (Lipinski definition) is 2. The fraction of sp³-hybridized carbons (Fsp3) is 0.533. The highest BCUT2D eigenvalue weighted by molar-refractivity contribution is 6.31. The molecule has 0 radical (unpaired) electrons. The summed E-state index contributed by atoms with van der Waals surface area (Å²) in [5.74, 6) is 0.836. The van der Waals surface area contributed by atoms with Gasteiger partial charge in [0, 0.05) is 18.1 Å². The summed E-state index contributed by atoms with van der Waals surface area (Å²) < 4.78 is 2.07. The monoisotopic (exact) mass is 311 g/mol. The molecule has 3 nitrogen and oxygen atoms in total. The summed E-state index contributed by atoms with van der Waals surface area (Å²) in [6.07, 6.45) is 3.89. The molecule has 0 N–H and O–H groups in total. The Morgan fingerprint density at radius 1 is 1.35 bits per heavy atom. The standard InChI is InChI=1S/C15H19Cl2N3/c1-2-3-11-6-7-19(9-11)10-20-14-5-4-12(16)8-13(14)18-15(20)17/h4-5,8,11H,2-3,6-7,9-10H2,1H3. The van der Waals surface area contributed by atoms with Crippen LogP contribution >= 0.6 is 23.2 Å². The van der Waals surface area contributed by atoms with Gasteiger partial charge in [-0.15, -0.1) is 0 Å². The Labute approximate surface area is 129 Å². The second-order valence-electron chi connectivity index (χ2n) is 5.60. The van der Waals surface area contributed by atoms with E-state index in [1.165, 1.54) is 19.3 Å². The van der Waals surface area contributed by atoms with Crippen molar-refractivity contribution in [1.82, 2.24) is 14.5 Å². The molecule has 2 aromatic rings. The van der Waals surface area contributed by atoms with Crippen LogP contribution in [-0.2, 0) is 6.67 Å². The molecule has 108 valence electrons. The third kappa shape index (κ3) is 2.80. The third-order valence-corrected chi connectivity index (χ3v) is 4.60. The van der Waals surface area contributed by atoms with E-state index in [0.29, 0.717) is 10.3 Å². The van der Waals surface area contributed by atoms with Crippen molar-refractivity contribution < 1.29 is 0 Å². The summed E-state index contributed by atoms with van der Waals surface area (Å²) in [5, 5.41) is 1.24. The molecule has 0 aliphatic carbocycles. The van der Waals surface area contributed by atoms with Crippen LogP contribution in [0, 0.1) is 5.92 Å². The quantitative estimate of drug-likeness (QED) is 0.833. The first-order chi connectivity index (χ1) is 9.67. The van der Waals surface area contributed by atoms with Crippen molar-refractivity contribution in [2.75, 3.05) is 13.1 Å². The average molecular weight is 312 g/mol. The Kier molecular flexibility index (Phi) is 4.20. The first-order valence-electron chi connectivity index (χ1n) is 7.21. The molecule has 0 amide bonds. The Balaban J connectivity index is 1.79. The van der Waals surface area contributed by atoms with Crippen LogP contribution < -0.4 is 0 Å². The SMILES string of the molecule is CCCC1CCN(Cn2c(Cl)nc3cc(Cl)ccc32)C1. The Bertz CT molecular complexity index is 608. The molecule has 1 aromatic heterocycles. The van der Waals surface area contributed by atoms with Crippen LogP contribution in [0.2, 0.25) is 10.3 Å². The van der Waals surface area contributed by atoms with E-state index in [1.807, 2.05) is 18.2 Å². The molecular formula is C15H19Cl2N3. The molecule has 1 aliphatic heterocycles. The van der Waals surface area contributed by atoms with E-state index in [4.69, 9.17) is 23.2 Å². The van der Waals surface area contributed by atoms with Gasteiger partial charge < -0.3 is 4.57 Å². The molecule has 0 saturated carbocycles. The normalized spacial score (nSPS) is 20.1. The summed E-state index contributed by atoms with van der Waals surface area (Å²) in [5.41, 5.74) is 1.92. The van der Waals surface area contributed by atoms with Gasteiger partial charge in [-0.2, -0.15) is 0 Å². The van der Waals surface area contributed by atoms with Crippen LogP contribution in [0.5, 0.6) is 0 Å². The number of nitrogens with zero attached hydrogens (tertiary/aromatic N) is 3. The zero-order chi connectivity index (χ0) is 14.1. The second-order valence-corrected chi connectivity index (χ2v) is 6.38. The Morgan fingerprint density at radius 2 is 2.20 bits per heavy atom. The summed E-state index contributed by atoms with van der Waals surface area (Å²) in [4.78, 5) is 6.85. The number of rotatable bonds is 4. The van der Waals surface area contributed by atoms with E-state index in [9.17, 15) is 0 Å². The highest BCUT2D eigenvalue weighted by Crippen LogP contribution is 2.26. The van der Waals surface area contributed by atoms with Gasteiger partial charge in [0.1, 0.15) is 0 Å². The van der Waals surface area contributed by atoms with Gasteiger partial charge in [-0.05, 0) is 48.6 Å². The van der Waals surface area contributed by atoms with Crippen LogP contribution in [0.15, 0.2) is 18.2 Å². The van der Waals surface area contributed by atoms with Gasteiger partial charge in [0.2, 0.25) is 5.28 Å². The zero-order valence-corrected chi connectivity index (χ0v) is 13.2. The van der Waals surface area contributed by atoms with Crippen LogP contribution in [0.25, 0.3) is 11.0 Å². The van der Waals surface area contributed by atoms with Gasteiger partial charge in [-0.1, -0.05) is 24.9 Å². The van der Waals surface area contributed by atoms with E-state index in [1.54, 1.807) is 0 Å². The van der Waals surface area contributed by atoms with E-state index >= 15 is 0 Å². The van der Waals surface area contributed by atoms with E-state index in [2.05, 4.69) is 21.4 Å². The largest absolute Gasteiger partial charge is 0.301 e. The predicted octanol–water partition coefficient (Wildman–Crippen LogP) is 4.42. The number of aromatic nitrogens is 2. The van der Waals surface area contributed by atoms with Crippen molar-refractivity contribution in [3.05, 3.63) is 28.5 Å². The highest BCUT2D eigenvalue weighted by Gasteiger charge is 2.23.